The number of carboxylic acids is 1. The highest BCUT2D eigenvalue weighted by Crippen LogP contribution is 2.38. The molecule has 3 aliphatic heterocycles. The predicted molar refractivity (Wildman–Crippen MR) is 168 cm³/mol. The quantitative estimate of drug-likeness (QED) is 0.354. The summed E-state index contributed by atoms with van der Waals surface area (Å²) in [6.45, 7) is 16.1. The fraction of sp³-hybridized carbons (Fsp3) is 0.559. The molecule has 4 bridgehead atoms. The van der Waals surface area contributed by atoms with Crippen molar-refractivity contribution in [3.8, 4) is 5.75 Å². The number of anilines is 1. The van der Waals surface area contributed by atoms with Crippen LogP contribution in [0.4, 0.5) is 5.82 Å². The van der Waals surface area contributed by atoms with E-state index in [0.717, 1.165) is 36.1 Å². The number of nitrogens with zero attached hydrogens (tertiary/aromatic N) is 4. The molecule has 1 N–H and O–H groups in total. The van der Waals surface area contributed by atoms with Gasteiger partial charge in [-0.05, 0) is 72.9 Å². The minimum absolute atomic E-state index is 0.00603. The van der Waals surface area contributed by atoms with Crippen LogP contribution in [0.15, 0.2) is 36.4 Å². The Morgan fingerprint density at radius 3 is 2.59 bits per heavy atom. The van der Waals surface area contributed by atoms with Crippen molar-refractivity contribution in [2.75, 3.05) is 24.6 Å². The summed E-state index contributed by atoms with van der Waals surface area (Å²) in [4.78, 5) is 19.7. The molecule has 3 aliphatic rings. The third-order valence-electron chi connectivity index (χ3n) is 8.15. The Morgan fingerprint density at radius 1 is 1.14 bits per heavy atom. The second-order valence-electron chi connectivity index (χ2n) is 13.3. The van der Waals surface area contributed by atoms with Gasteiger partial charge in [0.15, 0.2) is 11.8 Å². The molecule has 238 valence electrons. The number of carboxylic acid groups (broad SMARTS) is 1. The van der Waals surface area contributed by atoms with Crippen LogP contribution in [0.5, 0.6) is 5.75 Å². The fourth-order valence-corrected chi connectivity index (χ4v) is 5.79. The average Bonchev–Trinajstić information content (AvgIpc) is 3.34. The first-order chi connectivity index (χ1) is 20.8. The van der Waals surface area contributed by atoms with Crippen LogP contribution in [0.1, 0.15) is 88.1 Å². The number of carbonyl (C=O) groups is 1. The molecular weight excluding hydrogens is 560 g/mol. The van der Waals surface area contributed by atoms with Crippen LogP contribution in [0.3, 0.4) is 0 Å². The van der Waals surface area contributed by atoms with Gasteiger partial charge in [0.25, 0.3) is 0 Å². The lowest BCUT2D eigenvalue weighted by Crippen LogP contribution is -2.45. The number of hydrogen-bond acceptors (Lipinski definition) is 8. The molecule has 0 saturated carbocycles. The van der Waals surface area contributed by atoms with Crippen molar-refractivity contribution in [1.82, 2.24) is 14.6 Å². The number of fused-ring (bicyclic) bond motifs is 9. The van der Waals surface area contributed by atoms with Crippen molar-refractivity contribution >= 4 is 17.4 Å². The van der Waals surface area contributed by atoms with E-state index < -0.39 is 17.7 Å². The van der Waals surface area contributed by atoms with E-state index in [1.54, 1.807) is 4.52 Å². The topological polar surface area (TPSA) is 108 Å². The normalized spacial score (nSPS) is 23.2. The Balaban J connectivity index is 1.57. The molecule has 1 saturated heterocycles. The van der Waals surface area contributed by atoms with Crippen molar-refractivity contribution in [3.05, 3.63) is 64.5 Å². The van der Waals surface area contributed by atoms with Gasteiger partial charge in [0, 0.05) is 36.8 Å². The lowest BCUT2D eigenvalue weighted by molar-refractivity contribution is -0.160. The molecule has 10 heteroatoms. The van der Waals surface area contributed by atoms with Crippen LogP contribution in [0, 0.1) is 13.8 Å². The van der Waals surface area contributed by atoms with E-state index in [0.29, 0.717) is 54.7 Å². The molecule has 0 radical (unpaired) electrons. The zero-order valence-electron chi connectivity index (χ0n) is 27.1. The number of rotatable bonds is 3. The highest BCUT2D eigenvalue weighted by molar-refractivity contribution is 5.78. The van der Waals surface area contributed by atoms with Gasteiger partial charge in [-0.15, -0.1) is 0 Å². The minimum Gasteiger partial charge on any atom is -0.490 e. The zero-order valence-corrected chi connectivity index (χ0v) is 27.1. The molecule has 0 aliphatic carbocycles. The van der Waals surface area contributed by atoms with E-state index in [9.17, 15) is 9.90 Å². The highest BCUT2D eigenvalue weighted by atomic mass is 16.5. The zero-order chi connectivity index (χ0) is 31.6. The van der Waals surface area contributed by atoms with Gasteiger partial charge in [0.05, 0.1) is 48.4 Å². The first-order valence-electron chi connectivity index (χ1n) is 15.5. The van der Waals surface area contributed by atoms with Gasteiger partial charge in [-0.1, -0.05) is 24.3 Å². The largest absolute Gasteiger partial charge is 0.490 e. The second kappa shape index (κ2) is 12.9. The van der Waals surface area contributed by atoms with Crippen LogP contribution >= 0.6 is 0 Å². The standard InChI is InChI=1S/C34H46N4O6/c1-22-11-12-25-20-41-21-26-19-28-35-24(3)29(30(32(39)40)44-33(4,5)6)31(38(28)36-26)37-15-13-34(7,14-16-37)42-17-9-8-10-23(2)43-27(25)18-22/h8-9,11-12,18-19,23,30H,10,13-17,20-21H2,1-7H3,(H,39,40)/b9-8+/t23-,30-/m0/s1. The van der Waals surface area contributed by atoms with Crippen LogP contribution in [-0.2, 0) is 32.2 Å². The summed E-state index contributed by atoms with van der Waals surface area (Å²) >= 11 is 0. The molecule has 44 heavy (non-hydrogen) atoms. The number of aliphatic carboxylic acids is 1. The Labute approximate surface area is 260 Å². The Kier molecular flexibility index (Phi) is 9.34. The summed E-state index contributed by atoms with van der Waals surface area (Å²) < 4.78 is 26.8. The first-order valence-corrected chi connectivity index (χ1v) is 15.5. The molecule has 2 aromatic heterocycles. The van der Waals surface area contributed by atoms with Crippen molar-refractivity contribution in [1.29, 1.82) is 0 Å². The molecule has 6 rings (SSSR count). The second-order valence-corrected chi connectivity index (χ2v) is 13.3. The van der Waals surface area contributed by atoms with E-state index in [1.165, 1.54) is 0 Å². The van der Waals surface area contributed by atoms with Crippen molar-refractivity contribution in [2.45, 2.75) is 104 Å². The highest BCUT2D eigenvalue weighted by Gasteiger charge is 2.37. The van der Waals surface area contributed by atoms with Gasteiger partial charge in [-0.25, -0.2) is 9.78 Å². The molecule has 3 aromatic rings. The van der Waals surface area contributed by atoms with Crippen LogP contribution in [-0.4, -0.2) is 62.7 Å². The summed E-state index contributed by atoms with van der Waals surface area (Å²) in [5.74, 6) is 0.437. The van der Waals surface area contributed by atoms with Crippen LogP contribution < -0.4 is 9.64 Å². The summed E-state index contributed by atoms with van der Waals surface area (Å²) in [5, 5.41) is 15.3. The number of benzene rings is 1. The van der Waals surface area contributed by atoms with Gasteiger partial charge < -0.3 is 29.0 Å². The van der Waals surface area contributed by atoms with Gasteiger partial charge >= 0.3 is 5.97 Å². The molecule has 0 unspecified atom stereocenters. The van der Waals surface area contributed by atoms with E-state index in [4.69, 9.17) is 29.0 Å². The maximum Gasteiger partial charge on any atom is 0.337 e. The third kappa shape index (κ3) is 7.42. The van der Waals surface area contributed by atoms with Gasteiger partial charge in [0.1, 0.15) is 11.6 Å². The SMILES string of the molecule is Cc1ccc2c(c1)O[C@@H](C)C/C=C/COC1(C)CCN(CC1)c1c([C@H](OC(C)(C)C)C(=O)O)c(C)nc3cc(nn13)COC2. The maximum absolute atomic E-state index is 12.7. The Bertz CT molecular complexity index is 1520. The van der Waals surface area contributed by atoms with Crippen LogP contribution in [0.25, 0.3) is 5.65 Å². The predicted octanol–water partition coefficient (Wildman–Crippen LogP) is 6.11. The molecule has 1 aromatic carbocycles. The minimum atomic E-state index is -1.21. The third-order valence-corrected chi connectivity index (χ3v) is 8.15. The van der Waals surface area contributed by atoms with E-state index >= 15 is 0 Å². The number of aromatic nitrogens is 3. The lowest BCUT2D eigenvalue weighted by Gasteiger charge is -2.41. The molecule has 2 atom stereocenters. The molecular formula is C34H46N4O6. The molecule has 0 spiro atoms. The van der Waals surface area contributed by atoms with E-state index in [2.05, 4.69) is 37.0 Å². The van der Waals surface area contributed by atoms with Crippen molar-refractivity contribution < 1.29 is 28.8 Å². The van der Waals surface area contributed by atoms with Crippen molar-refractivity contribution in [3.63, 3.8) is 0 Å². The molecule has 10 nitrogen and oxygen atoms in total. The Hall–Kier alpha value is -3.47. The number of hydrogen-bond donors (Lipinski definition) is 1. The van der Waals surface area contributed by atoms with Gasteiger partial charge in [-0.3, -0.25) is 0 Å². The molecule has 1 fully saturated rings. The average molecular weight is 607 g/mol. The lowest BCUT2D eigenvalue weighted by atomic mass is 9.92. The van der Waals surface area contributed by atoms with Gasteiger partial charge in [-0.2, -0.15) is 9.61 Å². The fourth-order valence-electron chi connectivity index (χ4n) is 5.79. The summed E-state index contributed by atoms with van der Waals surface area (Å²) in [5.41, 5.74) is 3.53. The monoisotopic (exact) mass is 606 g/mol. The summed E-state index contributed by atoms with van der Waals surface area (Å²) in [6.07, 6.45) is 5.27. The van der Waals surface area contributed by atoms with Crippen molar-refractivity contribution in [2.24, 2.45) is 0 Å². The van der Waals surface area contributed by atoms with E-state index in [1.807, 2.05) is 52.8 Å². The first kappa shape index (κ1) is 31.9. The van der Waals surface area contributed by atoms with Gasteiger partial charge in [0.2, 0.25) is 0 Å². The molecule has 5 heterocycles. The summed E-state index contributed by atoms with van der Waals surface area (Å²) in [7, 11) is 0. The maximum atomic E-state index is 12.7. The van der Waals surface area contributed by atoms with Crippen LogP contribution in [0.2, 0.25) is 0 Å². The summed E-state index contributed by atoms with van der Waals surface area (Å²) in [6, 6.07) is 8.04. The van der Waals surface area contributed by atoms with E-state index in [-0.39, 0.29) is 18.3 Å². The number of piperidine rings is 1. The molecule has 0 amide bonds. The Morgan fingerprint density at radius 2 is 1.89 bits per heavy atom. The smallest absolute Gasteiger partial charge is 0.337 e. The number of ether oxygens (including phenoxy) is 4. The number of aryl methyl sites for hydroxylation is 2.